The number of aliphatic hydroxyl groups is 1. The Morgan fingerprint density at radius 3 is 2.82 bits per heavy atom. The third-order valence-electron chi connectivity index (χ3n) is 5.14. The number of tetrazole rings is 1. The standard InChI is InChI=1S/C17H25N7O4/c1-10-13(11(2)28-20-10)8-23(3)17(27)12-6-14(15(25)7-12)19-16(26)4-5-24-9-18-21-22-24/h9,12,14-15,25H,4-8H2,1-3H3,(H,19,26)/t12-,14-,15-/m0/s1. The summed E-state index contributed by atoms with van der Waals surface area (Å²) >= 11 is 0. The van der Waals surface area contributed by atoms with Crippen molar-refractivity contribution in [1.29, 1.82) is 0 Å². The molecule has 3 atom stereocenters. The van der Waals surface area contributed by atoms with Crippen molar-refractivity contribution in [1.82, 2.24) is 35.6 Å². The Balaban J connectivity index is 1.50. The molecule has 0 spiro atoms. The van der Waals surface area contributed by atoms with E-state index in [0.717, 1.165) is 11.3 Å². The lowest BCUT2D eigenvalue weighted by Gasteiger charge is -2.21. The predicted molar refractivity (Wildman–Crippen MR) is 95.5 cm³/mol. The Labute approximate surface area is 162 Å². The Hall–Kier alpha value is -2.82. The summed E-state index contributed by atoms with van der Waals surface area (Å²) in [5.41, 5.74) is 1.65. The number of hydrogen-bond donors (Lipinski definition) is 2. The van der Waals surface area contributed by atoms with Crippen LogP contribution >= 0.6 is 0 Å². The molecule has 2 aromatic rings. The highest BCUT2D eigenvalue weighted by Gasteiger charge is 2.38. The van der Waals surface area contributed by atoms with Crippen molar-refractivity contribution >= 4 is 11.8 Å². The fourth-order valence-corrected chi connectivity index (χ4v) is 3.50. The summed E-state index contributed by atoms with van der Waals surface area (Å²) < 4.78 is 6.60. The van der Waals surface area contributed by atoms with Gasteiger partial charge >= 0.3 is 0 Å². The highest BCUT2D eigenvalue weighted by Crippen LogP contribution is 2.28. The lowest BCUT2D eigenvalue weighted by Crippen LogP contribution is -2.40. The number of hydrogen-bond acceptors (Lipinski definition) is 8. The van der Waals surface area contributed by atoms with Crippen molar-refractivity contribution in [2.45, 2.75) is 58.3 Å². The molecule has 0 saturated heterocycles. The molecule has 0 aromatic carbocycles. The smallest absolute Gasteiger partial charge is 0.225 e. The number of nitrogens with one attached hydrogen (secondary N) is 1. The van der Waals surface area contributed by atoms with Crippen LogP contribution in [0.2, 0.25) is 0 Å². The quantitative estimate of drug-likeness (QED) is 0.649. The van der Waals surface area contributed by atoms with E-state index in [1.165, 1.54) is 11.0 Å². The van der Waals surface area contributed by atoms with E-state index < -0.39 is 12.1 Å². The van der Waals surface area contributed by atoms with E-state index in [0.29, 0.717) is 31.7 Å². The lowest BCUT2D eigenvalue weighted by atomic mass is 10.1. The predicted octanol–water partition coefficient (Wildman–Crippen LogP) is -0.418. The highest BCUT2D eigenvalue weighted by molar-refractivity contribution is 5.80. The van der Waals surface area contributed by atoms with Gasteiger partial charge in [-0.05, 0) is 37.1 Å². The van der Waals surface area contributed by atoms with Crippen molar-refractivity contribution in [3.8, 4) is 0 Å². The first-order valence-electron chi connectivity index (χ1n) is 9.20. The average Bonchev–Trinajstić information content (AvgIpc) is 3.38. The number of aromatic nitrogens is 5. The van der Waals surface area contributed by atoms with Crippen molar-refractivity contribution in [2.24, 2.45) is 5.92 Å². The summed E-state index contributed by atoms with van der Waals surface area (Å²) in [6, 6.07) is -0.442. The molecule has 11 nitrogen and oxygen atoms in total. The van der Waals surface area contributed by atoms with Crippen molar-refractivity contribution in [3.63, 3.8) is 0 Å². The molecule has 0 bridgehead atoms. The molecule has 2 heterocycles. The van der Waals surface area contributed by atoms with Gasteiger partial charge in [-0.1, -0.05) is 5.16 Å². The van der Waals surface area contributed by atoms with Gasteiger partial charge in [0.1, 0.15) is 12.1 Å². The molecule has 1 aliphatic rings. The van der Waals surface area contributed by atoms with Gasteiger partial charge in [-0.25, -0.2) is 4.68 Å². The molecule has 2 amide bonds. The van der Waals surface area contributed by atoms with Crippen LogP contribution in [0.25, 0.3) is 0 Å². The van der Waals surface area contributed by atoms with E-state index in [-0.39, 0.29) is 24.2 Å². The van der Waals surface area contributed by atoms with Crippen LogP contribution in [-0.4, -0.2) is 66.4 Å². The second-order valence-electron chi connectivity index (χ2n) is 7.23. The summed E-state index contributed by atoms with van der Waals surface area (Å²) in [5.74, 6) is 0.0721. The van der Waals surface area contributed by atoms with Crippen LogP contribution in [0.4, 0.5) is 0 Å². The molecule has 152 valence electrons. The Bertz CT molecular complexity index is 800. The zero-order valence-corrected chi connectivity index (χ0v) is 16.2. The fourth-order valence-electron chi connectivity index (χ4n) is 3.50. The van der Waals surface area contributed by atoms with E-state index in [1.807, 2.05) is 13.8 Å². The molecular weight excluding hydrogens is 366 g/mol. The van der Waals surface area contributed by atoms with E-state index in [4.69, 9.17) is 4.52 Å². The van der Waals surface area contributed by atoms with E-state index in [2.05, 4.69) is 26.0 Å². The van der Waals surface area contributed by atoms with Crippen LogP contribution in [-0.2, 0) is 22.7 Å². The molecule has 11 heteroatoms. The topological polar surface area (TPSA) is 139 Å². The van der Waals surface area contributed by atoms with Crippen LogP contribution in [0.1, 0.15) is 36.3 Å². The third-order valence-corrected chi connectivity index (χ3v) is 5.14. The van der Waals surface area contributed by atoms with Crippen LogP contribution in [0.3, 0.4) is 0 Å². The zero-order valence-electron chi connectivity index (χ0n) is 16.2. The first kappa shape index (κ1) is 19.9. The Morgan fingerprint density at radius 2 is 2.18 bits per heavy atom. The summed E-state index contributed by atoms with van der Waals surface area (Å²) in [7, 11) is 1.72. The fraction of sp³-hybridized carbons (Fsp3) is 0.647. The van der Waals surface area contributed by atoms with Gasteiger partial charge in [-0.15, -0.1) is 5.10 Å². The van der Waals surface area contributed by atoms with Crippen LogP contribution in [0.15, 0.2) is 10.9 Å². The van der Waals surface area contributed by atoms with E-state index in [1.54, 1.807) is 11.9 Å². The second-order valence-corrected chi connectivity index (χ2v) is 7.23. The number of carbonyl (C=O) groups excluding carboxylic acids is 2. The van der Waals surface area contributed by atoms with Gasteiger partial charge in [-0.2, -0.15) is 0 Å². The molecule has 2 aromatic heterocycles. The number of rotatable bonds is 7. The van der Waals surface area contributed by atoms with Crippen LogP contribution in [0.5, 0.6) is 0 Å². The monoisotopic (exact) mass is 391 g/mol. The number of carbonyl (C=O) groups is 2. The molecular formula is C17H25N7O4. The average molecular weight is 391 g/mol. The minimum absolute atomic E-state index is 0.0653. The molecule has 0 aliphatic heterocycles. The van der Waals surface area contributed by atoms with E-state index in [9.17, 15) is 14.7 Å². The first-order valence-corrected chi connectivity index (χ1v) is 9.20. The van der Waals surface area contributed by atoms with E-state index >= 15 is 0 Å². The maximum absolute atomic E-state index is 12.8. The van der Waals surface area contributed by atoms with Crippen LogP contribution in [0, 0.1) is 19.8 Å². The van der Waals surface area contributed by atoms with Crippen LogP contribution < -0.4 is 5.32 Å². The molecule has 0 radical (unpaired) electrons. The van der Waals surface area contributed by atoms with Gasteiger partial charge in [0.15, 0.2) is 0 Å². The van der Waals surface area contributed by atoms with Crippen molar-refractivity contribution in [2.75, 3.05) is 7.05 Å². The SMILES string of the molecule is Cc1noc(C)c1CN(C)C(=O)[C@H]1C[C@H](NC(=O)CCn2cnnn2)[C@@H](O)C1. The lowest BCUT2D eigenvalue weighted by molar-refractivity contribution is -0.135. The minimum Gasteiger partial charge on any atom is -0.391 e. The maximum Gasteiger partial charge on any atom is 0.225 e. The van der Waals surface area contributed by atoms with Gasteiger partial charge in [-0.3, -0.25) is 9.59 Å². The van der Waals surface area contributed by atoms with Gasteiger partial charge in [0, 0.05) is 24.9 Å². The van der Waals surface area contributed by atoms with Crippen molar-refractivity contribution in [3.05, 3.63) is 23.3 Å². The summed E-state index contributed by atoms with van der Waals surface area (Å²) in [6.07, 6.45) is 1.60. The molecule has 0 unspecified atom stereocenters. The van der Waals surface area contributed by atoms with Gasteiger partial charge < -0.3 is 19.8 Å². The molecule has 1 aliphatic carbocycles. The normalized spacial score (nSPS) is 21.6. The molecule has 1 fully saturated rings. The number of aryl methyl sites for hydroxylation is 3. The van der Waals surface area contributed by atoms with Gasteiger partial charge in [0.2, 0.25) is 11.8 Å². The zero-order chi connectivity index (χ0) is 20.3. The van der Waals surface area contributed by atoms with Gasteiger partial charge in [0.25, 0.3) is 0 Å². The minimum atomic E-state index is -0.751. The number of aliphatic hydroxyl groups excluding tert-OH is 1. The third kappa shape index (κ3) is 4.53. The maximum atomic E-state index is 12.8. The molecule has 28 heavy (non-hydrogen) atoms. The molecule has 1 saturated carbocycles. The largest absolute Gasteiger partial charge is 0.391 e. The number of amides is 2. The Kier molecular flexibility index (Phi) is 6.02. The molecule has 3 rings (SSSR count). The summed E-state index contributed by atoms with van der Waals surface area (Å²) in [6.45, 7) is 4.40. The first-order chi connectivity index (χ1) is 13.3. The Morgan fingerprint density at radius 1 is 1.39 bits per heavy atom. The molecule has 2 N–H and O–H groups in total. The summed E-state index contributed by atoms with van der Waals surface area (Å²) in [5, 5.41) is 27.7. The second kappa shape index (κ2) is 8.46. The highest BCUT2D eigenvalue weighted by atomic mass is 16.5. The summed E-state index contributed by atoms with van der Waals surface area (Å²) in [4.78, 5) is 26.5. The number of nitrogens with zero attached hydrogens (tertiary/aromatic N) is 6. The van der Waals surface area contributed by atoms with Gasteiger partial charge in [0.05, 0.1) is 30.9 Å². The van der Waals surface area contributed by atoms with Crippen molar-refractivity contribution < 1.29 is 19.2 Å².